The van der Waals surface area contributed by atoms with E-state index < -0.39 is 0 Å². The maximum Gasteiger partial charge on any atom is 0.203 e. The minimum Gasteiger partial charge on any atom is -0.493 e. The average Bonchev–Trinajstić information content (AvgIpc) is 2.78. The highest BCUT2D eigenvalue weighted by molar-refractivity contribution is 7.80. The van der Waals surface area contributed by atoms with Crippen molar-refractivity contribution in [1.82, 2.24) is 9.97 Å². The lowest BCUT2D eigenvalue weighted by atomic mass is 10.2. The van der Waals surface area contributed by atoms with Crippen molar-refractivity contribution in [2.75, 3.05) is 37.7 Å². The minimum atomic E-state index is 0.306. The lowest BCUT2D eigenvalue weighted by molar-refractivity contribution is 0.307. The maximum atomic E-state index is 5.80. The van der Waals surface area contributed by atoms with Crippen LogP contribution in [0.5, 0.6) is 23.0 Å². The molecule has 0 aliphatic carbocycles. The fourth-order valence-corrected chi connectivity index (χ4v) is 2.97. The molecule has 0 saturated carbocycles. The van der Waals surface area contributed by atoms with E-state index in [9.17, 15) is 0 Å². The van der Waals surface area contributed by atoms with Crippen LogP contribution in [0, 0.1) is 0 Å². The fraction of sp³-hybridized carbons (Fsp3) is 0.190. The Morgan fingerprint density at radius 1 is 0.935 bits per heavy atom. The minimum absolute atomic E-state index is 0.306. The summed E-state index contributed by atoms with van der Waals surface area (Å²) in [4.78, 5) is 8.29. The molecule has 0 saturated heterocycles. The molecule has 0 aliphatic heterocycles. The van der Waals surface area contributed by atoms with E-state index in [2.05, 4.69) is 20.6 Å². The van der Waals surface area contributed by atoms with Crippen LogP contribution in [0.1, 0.15) is 5.56 Å². The average molecular weight is 442 g/mol. The first-order chi connectivity index (χ1) is 15.0. The molecule has 4 N–H and O–H groups in total. The molecule has 9 nitrogen and oxygen atoms in total. The number of anilines is 3. The van der Waals surface area contributed by atoms with Gasteiger partial charge in [-0.3, -0.25) is 0 Å². The number of hydrogen-bond acceptors (Lipinski definition) is 8. The molecule has 2 heterocycles. The van der Waals surface area contributed by atoms with Gasteiger partial charge in [0.15, 0.2) is 28.2 Å². The molecule has 10 heteroatoms. The summed E-state index contributed by atoms with van der Waals surface area (Å²) in [5, 5.41) is 6.48. The number of thiocarbonyl (C=S) groups is 1. The second-order valence-corrected chi connectivity index (χ2v) is 6.63. The monoisotopic (exact) mass is 441 g/mol. The van der Waals surface area contributed by atoms with Crippen molar-refractivity contribution in [1.29, 1.82) is 0 Å². The number of hydrogen-bond donors (Lipinski definition) is 3. The molecule has 0 aliphatic rings. The Kier molecular flexibility index (Phi) is 7.28. The summed E-state index contributed by atoms with van der Waals surface area (Å²) in [6.07, 6.45) is 3.27. The van der Waals surface area contributed by atoms with Gasteiger partial charge in [0.1, 0.15) is 12.4 Å². The molecule has 31 heavy (non-hydrogen) atoms. The van der Waals surface area contributed by atoms with Crippen LogP contribution in [0.2, 0.25) is 0 Å². The van der Waals surface area contributed by atoms with Gasteiger partial charge in [-0.15, -0.1) is 0 Å². The van der Waals surface area contributed by atoms with Crippen LogP contribution in [0.25, 0.3) is 0 Å². The van der Waals surface area contributed by atoms with Gasteiger partial charge in [0.05, 0.1) is 21.3 Å². The SMILES string of the molecule is COc1cc(NC(=S)Nc2cc(COc3cccnc3N)ccn2)cc(OC)c1OC. The molecule has 0 atom stereocenters. The highest BCUT2D eigenvalue weighted by Crippen LogP contribution is 2.39. The fourth-order valence-electron chi connectivity index (χ4n) is 2.75. The molecular formula is C21H23N5O4S. The summed E-state index contributed by atoms with van der Waals surface area (Å²) in [7, 11) is 4.65. The van der Waals surface area contributed by atoms with E-state index in [0.717, 1.165) is 5.56 Å². The lowest BCUT2D eigenvalue weighted by Crippen LogP contribution is -2.20. The first kappa shape index (κ1) is 21.9. The first-order valence-corrected chi connectivity index (χ1v) is 9.61. The molecule has 3 rings (SSSR count). The number of nitrogens with two attached hydrogens (primary N) is 1. The van der Waals surface area contributed by atoms with Crippen molar-refractivity contribution in [3.8, 4) is 23.0 Å². The first-order valence-electron chi connectivity index (χ1n) is 9.20. The highest BCUT2D eigenvalue weighted by Gasteiger charge is 2.14. The second-order valence-electron chi connectivity index (χ2n) is 6.22. The number of nitrogens with zero attached hydrogens (tertiary/aromatic N) is 2. The zero-order valence-electron chi connectivity index (χ0n) is 17.3. The third-order valence-electron chi connectivity index (χ3n) is 4.18. The zero-order valence-corrected chi connectivity index (χ0v) is 18.2. The number of benzene rings is 1. The Morgan fingerprint density at radius 3 is 2.32 bits per heavy atom. The highest BCUT2D eigenvalue weighted by atomic mass is 32.1. The number of nitrogen functional groups attached to an aromatic ring is 1. The maximum absolute atomic E-state index is 5.80. The second kappa shape index (κ2) is 10.3. The van der Waals surface area contributed by atoms with Gasteiger partial charge in [0, 0.05) is 30.2 Å². The molecule has 0 bridgehead atoms. The molecule has 0 radical (unpaired) electrons. The molecule has 0 fully saturated rings. The van der Waals surface area contributed by atoms with Crippen molar-refractivity contribution in [3.05, 3.63) is 54.4 Å². The van der Waals surface area contributed by atoms with E-state index in [1.807, 2.05) is 12.1 Å². The van der Waals surface area contributed by atoms with E-state index in [-0.39, 0.29) is 0 Å². The van der Waals surface area contributed by atoms with Gasteiger partial charge in [-0.25, -0.2) is 9.97 Å². The van der Waals surface area contributed by atoms with Gasteiger partial charge in [0.25, 0.3) is 0 Å². The van der Waals surface area contributed by atoms with Gasteiger partial charge < -0.3 is 35.3 Å². The molecular weight excluding hydrogens is 418 g/mol. The number of ether oxygens (including phenoxy) is 4. The van der Waals surface area contributed by atoms with Crippen LogP contribution >= 0.6 is 12.2 Å². The quantitative estimate of drug-likeness (QED) is 0.449. The summed E-state index contributed by atoms with van der Waals surface area (Å²) >= 11 is 5.41. The van der Waals surface area contributed by atoms with E-state index in [1.54, 1.807) is 58.0 Å². The molecule has 0 spiro atoms. The number of nitrogens with one attached hydrogen (secondary N) is 2. The van der Waals surface area contributed by atoms with Gasteiger partial charge in [-0.05, 0) is 42.0 Å². The predicted octanol–water partition coefficient (Wildman–Crippen LogP) is 3.47. The summed E-state index contributed by atoms with van der Waals surface area (Å²) in [6.45, 7) is 0.306. The Hall–Kier alpha value is -3.79. The Labute approximate surface area is 185 Å². The van der Waals surface area contributed by atoms with Crippen LogP contribution < -0.4 is 35.3 Å². The Bertz CT molecular complexity index is 1040. The Balaban J connectivity index is 1.66. The van der Waals surface area contributed by atoms with Crippen molar-refractivity contribution < 1.29 is 18.9 Å². The summed E-state index contributed by atoms with van der Waals surface area (Å²) in [6, 6.07) is 10.7. The number of pyridine rings is 2. The zero-order chi connectivity index (χ0) is 22.2. The number of methoxy groups -OCH3 is 3. The van der Waals surface area contributed by atoms with Crippen LogP contribution in [0.15, 0.2) is 48.8 Å². The largest absolute Gasteiger partial charge is 0.493 e. The van der Waals surface area contributed by atoms with E-state index in [4.69, 9.17) is 36.9 Å². The van der Waals surface area contributed by atoms with E-state index >= 15 is 0 Å². The van der Waals surface area contributed by atoms with Gasteiger partial charge in [0.2, 0.25) is 5.75 Å². The van der Waals surface area contributed by atoms with Crippen molar-refractivity contribution in [2.24, 2.45) is 0 Å². The summed E-state index contributed by atoms with van der Waals surface area (Å²) in [5.74, 6) is 2.94. The Morgan fingerprint density at radius 2 is 1.68 bits per heavy atom. The van der Waals surface area contributed by atoms with Crippen molar-refractivity contribution in [2.45, 2.75) is 6.61 Å². The van der Waals surface area contributed by atoms with Crippen LogP contribution in [-0.4, -0.2) is 36.4 Å². The number of aromatic nitrogens is 2. The van der Waals surface area contributed by atoms with Crippen molar-refractivity contribution >= 4 is 34.7 Å². The molecule has 0 unspecified atom stereocenters. The molecule has 0 amide bonds. The van der Waals surface area contributed by atoms with Crippen molar-refractivity contribution in [3.63, 3.8) is 0 Å². The molecule has 1 aromatic carbocycles. The third kappa shape index (κ3) is 5.64. The van der Waals surface area contributed by atoms with Crippen LogP contribution in [0.4, 0.5) is 17.3 Å². The molecule has 162 valence electrons. The smallest absolute Gasteiger partial charge is 0.203 e. The van der Waals surface area contributed by atoms with E-state index in [1.165, 1.54) is 0 Å². The van der Waals surface area contributed by atoms with Crippen LogP contribution in [0.3, 0.4) is 0 Å². The van der Waals surface area contributed by atoms with Gasteiger partial charge in [-0.1, -0.05) is 0 Å². The van der Waals surface area contributed by atoms with Gasteiger partial charge >= 0.3 is 0 Å². The van der Waals surface area contributed by atoms with Gasteiger partial charge in [-0.2, -0.15) is 0 Å². The normalized spacial score (nSPS) is 10.2. The summed E-state index contributed by atoms with van der Waals surface area (Å²) < 4.78 is 21.8. The van der Waals surface area contributed by atoms with E-state index in [0.29, 0.717) is 52.0 Å². The third-order valence-corrected chi connectivity index (χ3v) is 4.39. The number of rotatable bonds is 8. The standard InChI is InChI=1S/C21H23N5O4S/c1-27-16-10-14(11-17(28-2)19(16)29-3)25-21(31)26-18-9-13(6-8-23-18)12-30-15-5-4-7-24-20(15)22/h4-11H,12H2,1-3H3,(H2,22,24)(H2,23,25,26,31). The molecule has 3 aromatic rings. The summed E-state index contributed by atoms with van der Waals surface area (Å²) in [5.41, 5.74) is 7.35. The van der Waals surface area contributed by atoms with Crippen LogP contribution in [-0.2, 0) is 6.61 Å². The topological polar surface area (TPSA) is 113 Å². The lowest BCUT2D eigenvalue weighted by Gasteiger charge is -2.16. The predicted molar refractivity (Wildman–Crippen MR) is 123 cm³/mol. The molecule has 2 aromatic heterocycles.